The third-order valence-electron chi connectivity index (χ3n) is 5.88. The van der Waals surface area contributed by atoms with Gasteiger partial charge in [-0.2, -0.15) is 0 Å². The third-order valence-corrected chi connectivity index (χ3v) is 5.88. The van der Waals surface area contributed by atoms with E-state index in [1.54, 1.807) is 0 Å². The first kappa shape index (κ1) is 17.5. The lowest BCUT2D eigenvalue weighted by Gasteiger charge is -2.38. The third kappa shape index (κ3) is 4.41. The van der Waals surface area contributed by atoms with Gasteiger partial charge in [-0.05, 0) is 32.1 Å². The molecule has 0 radical (unpaired) electrons. The highest BCUT2D eigenvalue weighted by Crippen LogP contribution is 2.25. The van der Waals surface area contributed by atoms with E-state index in [-0.39, 0.29) is 23.9 Å². The van der Waals surface area contributed by atoms with Gasteiger partial charge in [0, 0.05) is 44.2 Å². The van der Waals surface area contributed by atoms with Gasteiger partial charge in [-0.1, -0.05) is 25.7 Å². The number of urea groups is 1. The molecule has 2 atom stereocenters. The molecule has 0 aromatic rings. The van der Waals surface area contributed by atoms with Crippen molar-refractivity contribution in [2.45, 2.75) is 69.9 Å². The second-order valence-electron chi connectivity index (χ2n) is 7.72. The van der Waals surface area contributed by atoms with Gasteiger partial charge in [-0.25, -0.2) is 4.79 Å². The van der Waals surface area contributed by atoms with Crippen LogP contribution in [-0.2, 0) is 4.79 Å². The van der Waals surface area contributed by atoms with Crippen LogP contribution in [0.4, 0.5) is 4.79 Å². The lowest BCUT2D eigenvalue weighted by Crippen LogP contribution is -2.55. The van der Waals surface area contributed by atoms with Crippen LogP contribution in [-0.4, -0.2) is 60.0 Å². The highest BCUT2D eigenvalue weighted by Gasteiger charge is 2.32. The summed E-state index contributed by atoms with van der Waals surface area (Å²) in [6, 6.07) is 0.568. The first-order chi connectivity index (χ1) is 11.6. The highest BCUT2D eigenvalue weighted by atomic mass is 16.2. The van der Waals surface area contributed by atoms with E-state index in [2.05, 4.69) is 5.32 Å². The van der Waals surface area contributed by atoms with Crippen molar-refractivity contribution in [3.63, 3.8) is 0 Å². The van der Waals surface area contributed by atoms with Crippen LogP contribution < -0.4 is 11.1 Å². The molecule has 2 aliphatic carbocycles. The van der Waals surface area contributed by atoms with Crippen molar-refractivity contribution in [3.05, 3.63) is 0 Å². The van der Waals surface area contributed by atoms with Crippen LogP contribution in [0, 0.1) is 5.92 Å². The van der Waals surface area contributed by atoms with Crippen molar-refractivity contribution in [1.29, 1.82) is 0 Å². The van der Waals surface area contributed by atoms with Gasteiger partial charge in [0.15, 0.2) is 0 Å². The smallest absolute Gasteiger partial charge is 0.317 e. The van der Waals surface area contributed by atoms with Crippen molar-refractivity contribution in [2.24, 2.45) is 11.7 Å². The minimum absolute atomic E-state index is 0.0497. The SMILES string of the molecule is NC1CCCC(C(=O)N2CCN(C(=O)NC3CCCCC3)CC2)C1. The van der Waals surface area contributed by atoms with Crippen LogP contribution in [0.5, 0.6) is 0 Å². The molecule has 2 saturated carbocycles. The summed E-state index contributed by atoms with van der Waals surface area (Å²) < 4.78 is 0. The molecule has 1 saturated heterocycles. The summed E-state index contributed by atoms with van der Waals surface area (Å²) in [6.07, 6.45) is 9.82. The average Bonchev–Trinajstić information content (AvgIpc) is 2.62. The Hall–Kier alpha value is -1.30. The maximum Gasteiger partial charge on any atom is 0.317 e. The molecule has 0 aromatic carbocycles. The standard InChI is InChI=1S/C18H32N4O2/c19-15-6-4-5-14(13-15)17(23)21-9-11-22(12-10-21)18(24)20-16-7-2-1-3-8-16/h14-16H,1-13,19H2,(H,20,24). The van der Waals surface area contributed by atoms with E-state index in [1.807, 2.05) is 9.80 Å². The molecular formula is C18H32N4O2. The second-order valence-corrected chi connectivity index (χ2v) is 7.72. The van der Waals surface area contributed by atoms with Gasteiger partial charge in [-0.15, -0.1) is 0 Å². The first-order valence-electron chi connectivity index (χ1n) is 9.73. The summed E-state index contributed by atoms with van der Waals surface area (Å²) in [5, 5.41) is 3.17. The molecule has 1 heterocycles. The van der Waals surface area contributed by atoms with Gasteiger partial charge in [0.05, 0.1) is 0 Å². The van der Waals surface area contributed by atoms with E-state index in [0.29, 0.717) is 32.2 Å². The predicted octanol–water partition coefficient (Wildman–Crippen LogP) is 1.69. The fraction of sp³-hybridized carbons (Fsp3) is 0.889. The molecule has 3 N–H and O–H groups in total. The number of amides is 3. The molecule has 0 spiro atoms. The van der Waals surface area contributed by atoms with Crippen molar-refractivity contribution in [1.82, 2.24) is 15.1 Å². The summed E-state index contributed by atoms with van der Waals surface area (Å²) in [5.74, 6) is 0.342. The molecule has 1 aliphatic heterocycles. The second kappa shape index (κ2) is 8.19. The number of carbonyl (C=O) groups excluding carboxylic acids is 2. The molecule has 3 amide bonds. The number of hydrogen-bond acceptors (Lipinski definition) is 3. The van der Waals surface area contributed by atoms with Crippen molar-refractivity contribution in [3.8, 4) is 0 Å². The molecule has 2 unspecified atom stereocenters. The Balaban J connectivity index is 1.43. The minimum Gasteiger partial charge on any atom is -0.339 e. The van der Waals surface area contributed by atoms with Crippen molar-refractivity contribution < 1.29 is 9.59 Å². The van der Waals surface area contributed by atoms with Crippen LogP contribution >= 0.6 is 0 Å². The Kier molecular flexibility index (Phi) is 5.98. The van der Waals surface area contributed by atoms with Gasteiger partial charge in [0.1, 0.15) is 0 Å². The molecule has 3 fully saturated rings. The zero-order chi connectivity index (χ0) is 16.9. The summed E-state index contributed by atoms with van der Waals surface area (Å²) in [4.78, 5) is 28.8. The quantitative estimate of drug-likeness (QED) is 0.805. The fourth-order valence-corrected chi connectivity index (χ4v) is 4.35. The Morgan fingerprint density at radius 3 is 2.17 bits per heavy atom. The lowest BCUT2D eigenvalue weighted by molar-refractivity contribution is -0.138. The summed E-state index contributed by atoms with van der Waals surface area (Å²) in [7, 11) is 0. The summed E-state index contributed by atoms with van der Waals surface area (Å²) in [6.45, 7) is 2.59. The predicted molar refractivity (Wildman–Crippen MR) is 93.5 cm³/mol. The maximum atomic E-state index is 12.6. The Bertz CT molecular complexity index is 442. The minimum atomic E-state index is 0.0497. The normalized spacial score (nSPS) is 29.4. The van der Waals surface area contributed by atoms with Crippen LogP contribution in [0.3, 0.4) is 0 Å². The molecule has 0 bridgehead atoms. The number of rotatable bonds is 2. The van der Waals surface area contributed by atoms with E-state index in [1.165, 1.54) is 19.3 Å². The molecular weight excluding hydrogens is 304 g/mol. The number of nitrogens with two attached hydrogens (primary N) is 1. The molecule has 6 nitrogen and oxygen atoms in total. The monoisotopic (exact) mass is 336 g/mol. The maximum absolute atomic E-state index is 12.6. The highest BCUT2D eigenvalue weighted by molar-refractivity contribution is 5.80. The Morgan fingerprint density at radius 1 is 0.833 bits per heavy atom. The van der Waals surface area contributed by atoms with Crippen LogP contribution in [0.2, 0.25) is 0 Å². The van der Waals surface area contributed by atoms with Gasteiger partial charge >= 0.3 is 6.03 Å². The Labute approximate surface area is 145 Å². The van der Waals surface area contributed by atoms with Gasteiger partial charge in [0.2, 0.25) is 5.91 Å². The largest absolute Gasteiger partial charge is 0.339 e. The van der Waals surface area contributed by atoms with E-state index < -0.39 is 0 Å². The fourth-order valence-electron chi connectivity index (χ4n) is 4.35. The van der Waals surface area contributed by atoms with Gasteiger partial charge < -0.3 is 20.9 Å². The number of piperazine rings is 1. The van der Waals surface area contributed by atoms with E-state index in [4.69, 9.17) is 5.73 Å². The number of carbonyl (C=O) groups is 2. The molecule has 3 rings (SSSR count). The molecule has 6 heteroatoms. The Morgan fingerprint density at radius 2 is 1.50 bits per heavy atom. The molecule has 0 aromatic heterocycles. The van der Waals surface area contributed by atoms with Crippen LogP contribution in [0.1, 0.15) is 57.8 Å². The topological polar surface area (TPSA) is 78.7 Å². The number of hydrogen-bond donors (Lipinski definition) is 2. The lowest BCUT2D eigenvalue weighted by atomic mass is 9.85. The van der Waals surface area contributed by atoms with Gasteiger partial charge in [-0.3, -0.25) is 4.79 Å². The van der Waals surface area contributed by atoms with Gasteiger partial charge in [0.25, 0.3) is 0 Å². The van der Waals surface area contributed by atoms with E-state index >= 15 is 0 Å². The summed E-state index contributed by atoms with van der Waals surface area (Å²) in [5.41, 5.74) is 6.01. The summed E-state index contributed by atoms with van der Waals surface area (Å²) >= 11 is 0. The van der Waals surface area contributed by atoms with Crippen LogP contribution in [0.15, 0.2) is 0 Å². The van der Waals surface area contributed by atoms with E-state index in [9.17, 15) is 9.59 Å². The first-order valence-corrected chi connectivity index (χ1v) is 9.73. The average molecular weight is 336 g/mol. The zero-order valence-electron chi connectivity index (χ0n) is 14.7. The molecule has 24 heavy (non-hydrogen) atoms. The van der Waals surface area contributed by atoms with Crippen LogP contribution in [0.25, 0.3) is 0 Å². The van der Waals surface area contributed by atoms with Crippen molar-refractivity contribution in [2.75, 3.05) is 26.2 Å². The van der Waals surface area contributed by atoms with E-state index in [0.717, 1.165) is 38.5 Å². The number of nitrogens with zero attached hydrogens (tertiary/aromatic N) is 2. The molecule has 3 aliphatic rings. The molecule has 136 valence electrons. The number of nitrogens with one attached hydrogen (secondary N) is 1. The zero-order valence-corrected chi connectivity index (χ0v) is 14.7. The van der Waals surface area contributed by atoms with Crippen molar-refractivity contribution >= 4 is 11.9 Å².